The number of H-pyrrole nitrogens is 1. The second-order valence-corrected chi connectivity index (χ2v) is 5.96. The number of nitrogens with two attached hydrogens (primary N) is 1. The summed E-state index contributed by atoms with van der Waals surface area (Å²) >= 11 is 7.63. The molecule has 7 heteroatoms. The molecule has 1 unspecified atom stereocenters. The quantitative estimate of drug-likeness (QED) is 0.890. The summed E-state index contributed by atoms with van der Waals surface area (Å²) in [6.07, 6.45) is 0.865. The molecule has 0 radical (unpaired) electrons. The highest BCUT2D eigenvalue weighted by Crippen LogP contribution is 2.33. The summed E-state index contributed by atoms with van der Waals surface area (Å²) in [7, 11) is 0. The summed E-state index contributed by atoms with van der Waals surface area (Å²) in [4.78, 5) is 12.5. The van der Waals surface area contributed by atoms with Crippen LogP contribution in [-0.4, -0.2) is 14.8 Å². The zero-order valence-corrected chi connectivity index (χ0v) is 13.0. The molecule has 0 aliphatic heterocycles. The lowest BCUT2D eigenvalue weighted by atomic mass is 10.1. The fourth-order valence-electron chi connectivity index (χ4n) is 1.78. The summed E-state index contributed by atoms with van der Waals surface area (Å²) < 4.78 is 1.61. The molecule has 0 fully saturated rings. The lowest BCUT2D eigenvalue weighted by Gasteiger charge is -2.09. The molecule has 0 saturated carbocycles. The van der Waals surface area contributed by atoms with E-state index in [1.54, 1.807) is 4.57 Å². The highest BCUT2D eigenvalue weighted by atomic mass is 35.5. The highest BCUT2D eigenvalue weighted by molar-refractivity contribution is 7.99. The van der Waals surface area contributed by atoms with Crippen LogP contribution in [0, 0.1) is 0 Å². The number of aromatic amines is 1. The van der Waals surface area contributed by atoms with Gasteiger partial charge in [-0.25, -0.2) is 9.89 Å². The normalized spacial score (nSPS) is 12.6. The molecule has 2 aromatic rings. The van der Waals surface area contributed by atoms with Crippen LogP contribution in [0.1, 0.15) is 31.9 Å². The molecule has 1 heterocycles. The largest absolute Gasteiger partial charge is 0.343 e. The number of rotatable bonds is 5. The Morgan fingerprint density at radius 3 is 2.90 bits per heavy atom. The lowest BCUT2D eigenvalue weighted by Crippen LogP contribution is -2.17. The van der Waals surface area contributed by atoms with E-state index in [0.717, 1.165) is 16.9 Å². The van der Waals surface area contributed by atoms with E-state index >= 15 is 0 Å². The van der Waals surface area contributed by atoms with Gasteiger partial charge in [0, 0.05) is 17.5 Å². The van der Waals surface area contributed by atoms with E-state index in [9.17, 15) is 4.79 Å². The van der Waals surface area contributed by atoms with Crippen molar-refractivity contribution in [1.29, 1.82) is 0 Å². The molecule has 3 N–H and O–H groups in total. The van der Waals surface area contributed by atoms with Gasteiger partial charge in [-0.05, 0) is 42.8 Å². The molecule has 1 aromatic heterocycles. The maximum absolute atomic E-state index is 11.6. The molecular formula is C13H17ClN4OS. The first-order valence-electron chi connectivity index (χ1n) is 6.41. The maximum Gasteiger partial charge on any atom is 0.343 e. The van der Waals surface area contributed by atoms with Gasteiger partial charge in [-0.15, -0.1) is 5.10 Å². The van der Waals surface area contributed by atoms with Crippen molar-refractivity contribution in [2.45, 2.75) is 42.9 Å². The van der Waals surface area contributed by atoms with E-state index in [1.165, 1.54) is 11.8 Å². The number of nitrogens with zero attached hydrogens (tertiary/aromatic N) is 2. The SMILES string of the molecule is CCCn1c(Sc2ccc(C(C)N)cc2Cl)n[nH]c1=O. The Labute approximate surface area is 126 Å². The molecule has 2 rings (SSSR count). The summed E-state index contributed by atoms with van der Waals surface area (Å²) in [6, 6.07) is 5.63. The Kier molecular flexibility index (Phi) is 4.91. The van der Waals surface area contributed by atoms with Crippen LogP contribution in [0.3, 0.4) is 0 Å². The van der Waals surface area contributed by atoms with Crippen molar-refractivity contribution in [3.05, 3.63) is 39.3 Å². The van der Waals surface area contributed by atoms with Crippen LogP contribution < -0.4 is 11.4 Å². The van der Waals surface area contributed by atoms with Gasteiger partial charge in [0.2, 0.25) is 0 Å². The van der Waals surface area contributed by atoms with E-state index < -0.39 is 0 Å². The van der Waals surface area contributed by atoms with Crippen LogP contribution >= 0.6 is 23.4 Å². The Morgan fingerprint density at radius 1 is 1.55 bits per heavy atom. The monoisotopic (exact) mass is 312 g/mol. The van der Waals surface area contributed by atoms with E-state index in [-0.39, 0.29) is 11.7 Å². The highest BCUT2D eigenvalue weighted by Gasteiger charge is 2.12. The zero-order chi connectivity index (χ0) is 14.7. The van der Waals surface area contributed by atoms with E-state index in [1.807, 2.05) is 32.0 Å². The molecule has 0 saturated heterocycles. The molecule has 0 aliphatic rings. The van der Waals surface area contributed by atoms with Gasteiger partial charge in [0.1, 0.15) is 0 Å². The number of aromatic nitrogens is 3. The Bertz CT molecular complexity index is 650. The molecule has 108 valence electrons. The molecule has 1 aromatic carbocycles. The molecule has 0 amide bonds. The molecule has 0 aliphatic carbocycles. The van der Waals surface area contributed by atoms with Gasteiger partial charge in [-0.2, -0.15) is 0 Å². The minimum atomic E-state index is -0.197. The number of hydrogen-bond donors (Lipinski definition) is 2. The van der Waals surface area contributed by atoms with E-state index in [2.05, 4.69) is 10.2 Å². The summed E-state index contributed by atoms with van der Waals surface area (Å²) in [5, 5.41) is 7.73. The number of hydrogen-bond acceptors (Lipinski definition) is 4. The second-order valence-electron chi connectivity index (χ2n) is 4.54. The van der Waals surface area contributed by atoms with Crippen molar-refractivity contribution in [1.82, 2.24) is 14.8 Å². The molecule has 1 atom stereocenters. The second kappa shape index (κ2) is 6.47. The summed E-state index contributed by atoms with van der Waals surface area (Å²) in [6.45, 7) is 4.55. The molecular weight excluding hydrogens is 296 g/mol. The van der Waals surface area contributed by atoms with Crippen LogP contribution in [0.5, 0.6) is 0 Å². The zero-order valence-electron chi connectivity index (χ0n) is 11.4. The van der Waals surface area contributed by atoms with Crippen LogP contribution in [0.15, 0.2) is 33.0 Å². The van der Waals surface area contributed by atoms with Crippen molar-refractivity contribution in [3.8, 4) is 0 Å². The van der Waals surface area contributed by atoms with Gasteiger partial charge in [0.15, 0.2) is 5.16 Å². The third kappa shape index (κ3) is 3.26. The first-order valence-corrected chi connectivity index (χ1v) is 7.60. The Balaban J connectivity index is 2.28. The van der Waals surface area contributed by atoms with Gasteiger partial charge < -0.3 is 5.73 Å². The predicted molar refractivity (Wildman–Crippen MR) is 81.3 cm³/mol. The fraction of sp³-hybridized carbons (Fsp3) is 0.385. The summed E-state index contributed by atoms with van der Waals surface area (Å²) in [5.41, 5.74) is 6.61. The average molecular weight is 313 g/mol. The smallest absolute Gasteiger partial charge is 0.324 e. The third-order valence-electron chi connectivity index (χ3n) is 2.85. The van der Waals surface area contributed by atoms with Crippen molar-refractivity contribution >= 4 is 23.4 Å². The number of nitrogens with one attached hydrogen (secondary N) is 1. The van der Waals surface area contributed by atoms with Gasteiger partial charge in [-0.3, -0.25) is 4.57 Å². The minimum absolute atomic E-state index is 0.0600. The lowest BCUT2D eigenvalue weighted by molar-refractivity contribution is 0.604. The number of benzene rings is 1. The van der Waals surface area contributed by atoms with E-state index in [4.69, 9.17) is 17.3 Å². The standard InChI is InChI=1S/C13H17ClN4OS/c1-3-6-18-12(19)16-17-13(18)20-11-5-4-9(8(2)15)7-10(11)14/h4-5,7-8H,3,6,15H2,1-2H3,(H,16,19). The maximum atomic E-state index is 11.6. The van der Waals surface area contributed by atoms with Gasteiger partial charge in [-0.1, -0.05) is 24.6 Å². The van der Waals surface area contributed by atoms with Gasteiger partial charge >= 0.3 is 5.69 Å². The van der Waals surface area contributed by atoms with Crippen molar-refractivity contribution in [3.63, 3.8) is 0 Å². The molecule has 0 bridgehead atoms. The topological polar surface area (TPSA) is 76.7 Å². The first kappa shape index (κ1) is 15.2. The molecule has 20 heavy (non-hydrogen) atoms. The predicted octanol–water partition coefficient (Wildman–Crippen LogP) is 2.81. The first-order chi connectivity index (χ1) is 9.52. The van der Waals surface area contributed by atoms with Crippen LogP contribution in [0.2, 0.25) is 5.02 Å². The van der Waals surface area contributed by atoms with Crippen molar-refractivity contribution < 1.29 is 0 Å². The molecule has 0 spiro atoms. The average Bonchev–Trinajstić information content (AvgIpc) is 2.74. The van der Waals surface area contributed by atoms with Gasteiger partial charge in [0.25, 0.3) is 0 Å². The van der Waals surface area contributed by atoms with Crippen molar-refractivity contribution in [2.75, 3.05) is 0 Å². The Morgan fingerprint density at radius 2 is 2.30 bits per heavy atom. The van der Waals surface area contributed by atoms with Crippen molar-refractivity contribution in [2.24, 2.45) is 5.73 Å². The third-order valence-corrected chi connectivity index (χ3v) is 4.35. The Hall–Kier alpha value is -1.24. The van der Waals surface area contributed by atoms with Gasteiger partial charge in [0.05, 0.1) is 5.02 Å². The molecule has 5 nitrogen and oxygen atoms in total. The van der Waals surface area contributed by atoms with Crippen LogP contribution in [-0.2, 0) is 6.54 Å². The van der Waals surface area contributed by atoms with Crippen LogP contribution in [0.25, 0.3) is 0 Å². The minimum Gasteiger partial charge on any atom is -0.324 e. The van der Waals surface area contributed by atoms with E-state index in [0.29, 0.717) is 16.7 Å². The summed E-state index contributed by atoms with van der Waals surface area (Å²) in [5.74, 6) is 0. The number of halogens is 1. The van der Waals surface area contributed by atoms with Crippen LogP contribution in [0.4, 0.5) is 0 Å². The fourth-order valence-corrected chi connectivity index (χ4v) is 2.95.